The molecule has 2 heteroatoms. The highest BCUT2D eigenvalue weighted by atomic mass is 16.5. The molecule has 0 aliphatic carbocycles. The number of methoxy groups -OCH3 is 1. The monoisotopic (exact) mass is 235 g/mol. The van der Waals surface area contributed by atoms with Gasteiger partial charge >= 0.3 is 0 Å². The number of rotatable bonds is 8. The van der Waals surface area contributed by atoms with Gasteiger partial charge in [-0.3, -0.25) is 0 Å². The van der Waals surface area contributed by atoms with Crippen molar-refractivity contribution in [2.75, 3.05) is 13.7 Å². The number of ether oxygens (including phenoxy) is 1. The number of benzene rings is 1. The molecule has 1 unspecified atom stereocenters. The van der Waals surface area contributed by atoms with Crippen LogP contribution in [0.25, 0.3) is 0 Å². The molecule has 1 aromatic rings. The largest absolute Gasteiger partial charge is 0.497 e. The minimum atomic E-state index is 0.633. The molecule has 0 radical (unpaired) electrons. The minimum absolute atomic E-state index is 0.633. The first-order valence-corrected chi connectivity index (χ1v) is 6.62. The second-order valence-corrected chi connectivity index (χ2v) is 4.60. The maximum absolute atomic E-state index is 5.14. The summed E-state index contributed by atoms with van der Waals surface area (Å²) in [6.45, 7) is 5.56. The standard InChI is InChI=1S/C15H25NO/c1-4-5-6-13(2)16-12-11-14-7-9-15(17-3)10-8-14/h7-10,13,16H,4-6,11-12H2,1-3H3. The number of unbranched alkanes of at least 4 members (excludes halogenated alkanes) is 1. The van der Waals surface area contributed by atoms with Gasteiger partial charge < -0.3 is 10.1 Å². The summed E-state index contributed by atoms with van der Waals surface area (Å²) in [7, 11) is 1.70. The van der Waals surface area contributed by atoms with Gasteiger partial charge in [0.15, 0.2) is 0 Å². The quantitative estimate of drug-likeness (QED) is 0.745. The Morgan fingerprint density at radius 3 is 2.53 bits per heavy atom. The lowest BCUT2D eigenvalue weighted by Gasteiger charge is -2.13. The van der Waals surface area contributed by atoms with Crippen LogP contribution in [0.3, 0.4) is 0 Å². The third-order valence-electron chi connectivity index (χ3n) is 3.06. The van der Waals surface area contributed by atoms with Gasteiger partial charge in [0.1, 0.15) is 5.75 Å². The Bertz CT molecular complexity index is 294. The molecule has 0 fully saturated rings. The van der Waals surface area contributed by atoms with Crippen LogP contribution >= 0.6 is 0 Å². The van der Waals surface area contributed by atoms with Gasteiger partial charge in [0.2, 0.25) is 0 Å². The van der Waals surface area contributed by atoms with Crippen LogP contribution in [-0.2, 0) is 6.42 Å². The van der Waals surface area contributed by atoms with Crippen molar-refractivity contribution in [3.8, 4) is 5.75 Å². The van der Waals surface area contributed by atoms with Gasteiger partial charge in [-0.1, -0.05) is 31.9 Å². The molecule has 1 N–H and O–H groups in total. The lowest BCUT2D eigenvalue weighted by atomic mass is 10.1. The molecule has 1 rings (SSSR count). The molecule has 0 aromatic heterocycles. The second-order valence-electron chi connectivity index (χ2n) is 4.60. The van der Waals surface area contributed by atoms with Crippen LogP contribution in [0.2, 0.25) is 0 Å². The summed E-state index contributed by atoms with van der Waals surface area (Å²) in [5.41, 5.74) is 1.36. The third kappa shape index (κ3) is 5.73. The molecule has 1 aromatic carbocycles. The maximum Gasteiger partial charge on any atom is 0.118 e. The fraction of sp³-hybridized carbons (Fsp3) is 0.600. The molecule has 0 spiro atoms. The summed E-state index contributed by atoms with van der Waals surface area (Å²) >= 11 is 0. The van der Waals surface area contributed by atoms with Gasteiger partial charge in [0.25, 0.3) is 0 Å². The SMILES string of the molecule is CCCCC(C)NCCc1ccc(OC)cc1. The Kier molecular flexibility index (Phi) is 6.71. The molecule has 0 heterocycles. The van der Waals surface area contributed by atoms with Crippen LogP contribution in [0, 0.1) is 0 Å². The van der Waals surface area contributed by atoms with E-state index in [0.29, 0.717) is 6.04 Å². The first-order valence-electron chi connectivity index (χ1n) is 6.62. The van der Waals surface area contributed by atoms with Gasteiger partial charge in [0, 0.05) is 6.04 Å². The van der Waals surface area contributed by atoms with Crippen LogP contribution < -0.4 is 10.1 Å². The van der Waals surface area contributed by atoms with E-state index in [1.54, 1.807) is 7.11 Å². The number of hydrogen-bond acceptors (Lipinski definition) is 2. The molecule has 0 saturated carbocycles. The Hall–Kier alpha value is -1.02. The van der Waals surface area contributed by atoms with Crippen LogP contribution in [-0.4, -0.2) is 19.7 Å². The average molecular weight is 235 g/mol. The van der Waals surface area contributed by atoms with E-state index in [2.05, 4.69) is 31.3 Å². The average Bonchev–Trinajstić information content (AvgIpc) is 2.37. The highest BCUT2D eigenvalue weighted by Gasteiger charge is 2.00. The van der Waals surface area contributed by atoms with Gasteiger partial charge in [-0.2, -0.15) is 0 Å². The van der Waals surface area contributed by atoms with Crippen molar-refractivity contribution in [1.82, 2.24) is 5.32 Å². The first-order chi connectivity index (χ1) is 8.26. The predicted octanol–water partition coefficient (Wildman–Crippen LogP) is 3.41. The number of nitrogens with one attached hydrogen (secondary N) is 1. The van der Waals surface area contributed by atoms with Gasteiger partial charge in [-0.05, 0) is 44.0 Å². The summed E-state index contributed by atoms with van der Waals surface area (Å²) in [5.74, 6) is 0.929. The Morgan fingerprint density at radius 1 is 1.24 bits per heavy atom. The Labute approximate surface area is 105 Å². The van der Waals surface area contributed by atoms with E-state index in [0.717, 1.165) is 18.7 Å². The summed E-state index contributed by atoms with van der Waals surface area (Å²) in [4.78, 5) is 0. The fourth-order valence-corrected chi connectivity index (χ4v) is 1.87. The predicted molar refractivity (Wildman–Crippen MR) is 73.7 cm³/mol. The van der Waals surface area contributed by atoms with E-state index in [1.807, 2.05) is 12.1 Å². The molecule has 0 saturated heterocycles. The summed E-state index contributed by atoms with van der Waals surface area (Å²) in [6.07, 6.45) is 4.96. The lowest BCUT2D eigenvalue weighted by Crippen LogP contribution is -2.27. The zero-order valence-corrected chi connectivity index (χ0v) is 11.3. The molecule has 0 bridgehead atoms. The van der Waals surface area contributed by atoms with Gasteiger partial charge in [0.05, 0.1) is 7.11 Å². The fourth-order valence-electron chi connectivity index (χ4n) is 1.87. The molecule has 96 valence electrons. The first kappa shape index (κ1) is 14.0. The molecular formula is C15H25NO. The van der Waals surface area contributed by atoms with E-state index >= 15 is 0 Å². The molecule has 2 nitrogen and oxygen atoms in total. The summed E-state index contributed by atoms with van der Waals surface area (Å²) in [6, 6.07) is 8.95. The normalized spacial score (nSPS) is 12.4. The topological polar surface area (TPSA) is 21.3 Å². The lowest BCUT2D eigenvalue weighted by molar-refractivity contribution is 0.414. The molecular weight excluding hydrogens is 210 g/mol. The summed E-state index contributed by atoms with van der Waals surface area (Å²) in [5, 5.41) is 3.56. The van der Waals surface area contributed by atoms with E-state index in [-0.39, 0.29) is 0 Å². The van der Waals surface area contributed by atoms with Crippen LogP contribution in [0.5, 0.6) is 5.75 Å². The zero-order chi connectivity index (χ0) is 12.5. The van der Waals surface area contributed by atoms with Crippen molar-refractivity contribution < 1.29 is 4.74 Å². The highest BCUT2D eigenvalue weighted by molar-refractivity contribution is 5.27. The third-order valence-corrected chi connectivity index (χ3v) is 3.06. The Morgan fingerprint density at radius 2 is 1.94 bits per heavy atom. The van der Waals surface area contributed by atoms with E-state index in [9.17, 15) is 0 Å². The Balaban J connectivity index is 2.21. The molecule has 0 amide bonds. The van der Waals surface area contributed by atoms with Gasteiger partial charge in [-0.25, -0.2) is 0 Å². The van der Waals surface area contributed by atoms with Crippen LogP contribution in [0.1, 0.15) is 38.7 Å². The van der Waals surface area contributed by atoms with Crippen molar-refractivity contribution in [3.63, 3.8) is 0 Å². The van der Waals surface area contributed by atoms with E-state index < -0.39 is 0 Å². The van der Waals surface area contributed by atoms with Crippen LogP contribution in [0.4, 0.5) is 0 Å². The maximum atomic E-state index is 5.14. The second kappa shape index (κ2) is 8.13. The van der Waals surface area contributed by atoms with Crippen molar-refractivity contribution in [1.29, 1.82) is 0 Å². The highest BCUT2D eigenvalue weighted by Crippen LogP contribution is 2.11. The molecule has 0 aliphatic heterocycles. The molecule has 17 heavy (non-hydrogen) atoms. The van der Waals surface area contributed by atoms with Gasteiger partial charge in [-0.15, -0.1) is 0 Å². The zero-order valence-electron chi connectivity index (χ0n) is 11.3. The number of hydrogen-bond donors (Lipinski definition) is 1. The van der Waals surface area contributed by atoms with Crippen molar-refractivity contribution >= 4 is 0 Å². The van der Waals surface area contributed by atoms with Crippen molar-refractivity contribution in [2.24, 2.45) is 0 Å². The van der Waals surface area contributed by atoms with Crippen LogP contribution in [0.15, 0.2) is 24.3 Å². The summed E-state index contributed by atoms with van der Waals surface area (Å²) < 4.78 is 5.14. The van der Waals surface area contributed by atoms with Crippen molar-refractivity contribution in [2.45, 2.75) is 45.6 Å². The molecule has 0 aliphatic rings. The van der Waals surface area contributed by atoms with E-state index in [1.165, 1.54) is 24.8 Å². The smallest absolute Gasteiger partial charge is 0.118 e. The minimum Gasteiger partial charge on any atom is -0.497 e. The van der Waals surface area contributed by atoms with Crippen molar-refractivity contribution in [3.05, 3.63) is 29.8 Å². The van der Waals surface area contributed by atoms with E-state index in [4.69, 9.17) is 4.74 Å². The molecule has 1 atom stereocenters.